The Kier molecular flexibility index (Phi) is 10.2. The fourth-order valence-electron chi connectivity index (χ4n) is 5.52. The zero-order valence-corrected chi connectivity index (χ0v) is 24.2. The standard InChI is InChI=1S/C31H43N3O7/c1-19(32-29(38)22-10-12-23(35)13-11-22)28(37)34-26(17-21-8-14-24(40-3)15-9-21)30(39)33-25(16-20-6-4-5-7-20)27(36)31(2)18-41-31/h6,8-9,14-15,19,22-23,25-26,35H,4-5,7,10-13,16-18H2,1-3H3,(H,32,38)(H,33,39)(H,34,37)/t19-,22?,23?,25+,26+,31-/m1/s1. The van der Waals surface area contributed by atoms with Crippen LogP contribution in [0.2, 0.25) is 0 Å². The van der Waals surface area contributed by atoms with Crippen LogP contribution in [0.1, 0.15) is 70.8 Å². The van der Waals surface area contributed by atoms with E-state index >= 15 is 0 Å². The first-order chi connectivity index (χ1) is 19.6. The molecule has 2 aliphatic carbocycles. The van der Waals surface area contributed by atoms with Gasteiger partial charge in [-0.15, -0.1) is 0 Å². The average Bonchev–Trinajstić information content (AvgIpc) is 3.50. The Hall–Kier alpha value is -3.24. The number of hydrogen-bond donors (Lipinski definition) is 4. The molecule has 0 aromatic heterocycles. The van der Waals surface area contributed by atoms with Gasteiger partial charge in [-0.25, -0.2) is 0 Å². The highest BCUT2D eigenvalue weighted by atomic mass is 16.6. The van der Waals surface area contributed by atoms with Gasteiger partial charge in [-0.3, -0.25) is 19.2 Å². The number of amides is 3. The summed E-state index contributed by atoms with van der Waals surface area (Å²) >= 11 is 0. The van der Waals surface area contributed by atoms with Gasteiger partial charge in [0.05, 0.1) is 25.9 Å². The second-order valence-electron chi connectivity index (χ2n) is 11.8. The maximum Gasteiger partial charge on any atom is 0.243 e. The molecular formula is C31H43N3O7. The van der Waals surface area contributed by atoms with Gasteiger partial charge in [0.25, 0.3) is 0 Å². The molecule has 224 valence electrons. The van der Waals surface area contributed by atoms with Crippen LogP contribution >= 0.6 is 0 Å². The first kappa shape index (κ1) is 30.7. The van der Waals surface area contributed by atoms with Crippen molar-refractivity contribution in [2.45, 2.75) is 101 Å². The van der Waals surface area contributed by atoms with Crippen molar-refractivity contribution in [1.29, 1.82) is 0 Å². The highest BCUT2D eigenvalue weighted by Crippen LogP contribution is 2.31. The third kappa shape index (κ3) is 8.39. The molecule has 1 heterocycles. The maximum atomic E-state index is 13.7. The van der Waals surface area contributed by atoms with Gasteiger partial charge in [0, 0.05) is 12.3 Å². The number of Topliss-reactive ketones (excluding diaryl/α,β-unsaturated/α-hetero) is 1. The van der Waals surface area contributed by atoms with Gasteiger partial charge in [-0.2, -0.15) is 0 Å². The van der Waals surface area contributed by atoms with Crippen molar-refractivity contribution >= 4 is 23.5 Å². The third-order valence-corrected chi connectivity index (χ3v) is 8.38. The smallest absolute Gasteiger partial charge is 0.243 e. The topological polar surface area (TPSA) is 146 Å². The lowest BCUT2D eigenvalue weighted by molar-refractivity contribution is -0.134. The van der Waals surface area contributed by atoms with Gasteiger partial charge in [-0.05, 0) is 82.9 Å². The number of carbonyl (C=O) groups is 4. The molecule has 1 aromatic rings. The van der Waals surface area contributed by atoms with Crippen LogP contribution in [-0.2, 0) is 30.3 Å². The molecule has 1 saturated carbocycles. The maximum absolute atomic E-state index is 13.7. The number of rotatable bonds is 13. The van der Waals surface area contributed by atoms with E-state index in [9.17, 15) is 24.3 Å². The predicted molar refractivity (Wildman–Crippen MR) is 152 cm³/mol. The van der Waals surface area contributed by atoms with Gasteiger partial charge in [0.2, 0.25) is 17.7 Å². The van der Waals surface area contributed by atoms with Crippen molar-refractivity contribution in [2.75, 3.05) is 13.7 Å². The van der Waals surface area contributed by atoms with Crippen LogP contribution in [0.5, 0.6) is 5.75 Å². The zero-order chi connectivity index (χ0) is 29.6. The largest absolute Gasteiger partial charge is 0.497 e. The molecule has 4 N–H and O–H groups in total. The predicted octanol–water partition coefficient (Wildman–Crippen LogP) is 2.12. The minimum Gasteiger partial charge on any atom is -0.497 e. The molecule has 41 heavy (non-hydrogen) atoms. The van der Waals surface area contributed by atoms with Crippen molar-refractivity contribution in [1.82, 2.24) is 16.0 Å². The van der Waals surface area contributed by atoms with E-state index in [2.05, 4.69) is 22.0 Å². The van der Waals surface area contributed by atoms with Crippen molar-refractivity contribution < 1.29 is 33.8 Å². The van der Waals surface area contributed by atoms with E-state index in [1.54, 1.807) is 33.1 Å². The van der Waals surface area contributed by atoms with Gasteiger partial charge in [-0.1, -0.05) is 23.8 Å². The summed E-state index contributed by atoms with van der Waals surface area (Å²) in [6.45, 7) is 3.63. The third-order valence-electron chi connectivity index (χ3n) is 8.38. The molecule has 3 amide bonds. The highest BCUT2D eigenvalue weighted by molar-refractivity contribution is 5.98. The number of hydrogen-bond acceptors (Lipinski definition) is 7. The molecule has 4 rings (SSSR count). The lowest BCUT2D eigenvalue weighted by Gasteiger charge is -2.27. The first-order valence-electron chi connectivity index (χ1n) is 14.7. The summed E-state index contributed by atoms with van der Waals surface area (Å²) in [6, 6.07) is 4.56. The molecule has 1 saturated heterocycles. The number of nitrogens with one attached hydrogen (secondary N) is 3. The van der Waals surface area contributed by atoms with Crippen molar-refractivity contribution in [3.05, 3.63) is 41.5 Å². The van der Waals surface area contributed by atoms with Crippen LogP contribution in [0, 0.1) is 5.92 Å². The zero-order valence-electron chi connectivity index (χ0n) is 24.2. The van der Waals surface area contributed by atoms with Gasteiger partial charge >= 0.3 is 0 Å². The van der Waals surface area contributed by atoms with E-state index in [0.29, 0.717) is 44.5 Å². The van der Waals surface area contributed by atoms with Crippen molar-refractivity contribution in [3.8, 4) is 5.75 Å². The number of methoxy groups -OCH3 is 1. The number of epoxide rings is 1. The van der Waals surface area contributed by atoms with Gasteiger partial charge < -0.3 is 30.5 Å². The fourth-order valence-corrected chi connectivity index (χ4v) is 5.52. The summed E-state index contributed by atoms with van der Waals surface area (Å²) in [5.41, 5.74) is 1.03. The molecule has 1 aliphatic heterocycles. The Labute approximate surface area is 241 Å². The van der Waals surface area contributed by atoms with E-state index < -0.39 is 35.5 Å². The van der Waals surface area contributed by atoms with Gasteiger partial charge in [0.15, 0.2) is 5.78 Å². The molecule has 0 bridgehead atoms. The molecule has 10 nitrogen and oxygen atoms in total. The Morgan fingerprint density at radius 2 is 1.66 bits per heavy atom. The summed E-state index contributed by atoms with van der Waals surface area (Å²) in [4.78, 5) is 53.0. The Morgan fingerprint density at radius 3 is 2.24 bits per heavy atom. The normalized spacial score (nSPS) is 25.7. The Balaban J connectivity index is 1.46. The minimum absolute atomic E-state index is 0.175. The van der Waals surface area contributed by atoms with Crippen LogP contribution in [0.3, 0.4) is 0 Å². The van der Waals surface area contributed by atoms with Crippen molar-refractivity contribution in [2.24, 2.45) is 5.92 Å². The second-order valence-corrected chi connectivity index (χ2v) is 11.8. The lowest BCUT2D eigenvalue weighted by atomic mass is 9.87. The van der Waals surface area contributed by atoms with E-state index in [4.69, 9.17) is 9.47 Å². The molecule has 2 fully saturated rings. The summed E-state index contributed by atoms with van der Waals surface area (Å²) in [6.07, 6.45) is 7.46. The number of benzene rings is 1. The quantitative estimate of drug-likeness (QED) is 0.210. The molecule has 3 aliphatic rings. The molecule has 1 aromatic carbocycles. The van der Waals surface area contributed by atoms with E-state index in [-0.39, 0.29) is 30.1 Å². The Bertz CT molecular complexity index is 1140. The minimum atomic E-state index is -0.985. The summed E-state index contributed by atoms with van der Waals surface area (Å²) in [5, 5.41) is 18.2. The molecule has 10 heteroatoms. The average molecular weight is 570 g/mol. The van der Waals surface area contributed by atoms with E-state index in [1.165, 1.54) is 0 Å². The number of aliphatic hydroxyl groups is 1. The molecule has 4 atom stereocenters. The monoisotopic (exact) mass is 569 g/mol. The first-order valence-corrected chi connectivity index (χ1v) is 14.7. The molecule has 0 unspecified atom stereocenters. The summed E-state index contributed by atoms with van der Waals surface area (Å²) in [7, 11) is 1.57. The van der Waals surface area contributed by atoms with Crippen LogP contribution in [-0.4, -0.2) is 72.2 Å². The van der Waals surface area contributed by atoms with Crippen LogP contribution < -0.4 is 20.7 Å². The summed E-state index contributed by atoms with van der Waals surface area (Å²) in [5.74, 6) is -0.972. The molecule has 0 spiro atoms. The number of carbonyl (C=O) groups excluding carboxylic acids is 4. The van der Waals surface area contributed by atoms with E-state index in [0.717, 1.165) is 30.4 Å². The van der Waals surface area contributed by atoms with Crippen LogP contribution in [0.25, 0.3) is 0 Å². The van der Waals surface area contributed by atoms with Crippen LogP contribution in [0.4, 0.5) is 0 Å². The number of allylic oxidation sites excluding steroid dienone is 1. The van der Waals surface area contributed by atoms with Gasteiger partial charge in [0.1, 0.15) is 23.4 Å². The SMILES string of the molecule is COc1ccc(C[C@H](NC(=O)[C@@H](C)NC(=O)C2CCC(O)CC2)C(=O)N[C@@H](CC2=CCCC2)C(=O)[C@@]2(C)CO2)cc1. The molecular weight excluding hydrogens is 526 g/mol. The summed E-state index contributed by atoms with van der Waals surface area (Å²) < 4.78 is 10.6. The van der Waals surface area contributed by atoms with Crippen LogP contribution in [0.15, 0.2) is 35.9 Å². The number of ketones is 1. The van der Waals surface area contributed by atoms with Crippen molar-refractivity contribution in [3.63, 3.8) is 0 Å². The Morgan fingerprint density at radius 1 is 1.00 bits per heavy atom. The second kappa shape index (κ2) is 13.6. The number of aliphatic hydroxyl groups excluding tert-OH is 1. The molecule has 0 radical (unpaired) electrons. The fraction of sp³-hybridized carbons (Fsp3) is 0.613. The number of ether oxygens (including phenoxy) is 2. The van der Waals surface area contributed by atoms with E-state index in [1.807, 2.05) is 12.1 Å². The lowest BCUT2D eigenvalue weighted by Crippen LogP contribution is -2.57. The highest BCUT2D eigenvalue weighted by Gasteiger charge is 2.50.